The average Bonchev–Trinajstić information content (AvgIpc) is 3.19. The number of nitrogens with zero attached hydrogens (tertiary/aromatic N) is 6. The maximum Gasteiger partial charge on any atom is 0.433 e. The van der Waals surface area contributed by atoms with Crippen molar-refractivity contribution in [3.63, 3.8) is 0 Å². The topological polar surface area (TPSA) is 59.3 Å². The normalized spacial score (nSPS) is 17.2. The van der Waals surface area contributed by atoms with Crippen LogP contribution in [0, 0.1) is 0 Å². The van der Waals surface area contributed by atoms with Gasteiger partial charge < -0.3 is 9.64 Å². The van der Waals surface area contributed by atoms with Gasteiger partial charge in [0.2, 0.25) is 0 Å². The van der Waals surface area contributed by atoms with Crippen LogP contribution in [0.4, 0.5) is 32.2 Å². The Hall–Kier alpha value is -3.06. The predicted octanol–water partition coefficient (Wildman–Crippen LogP) is 5.61. The monoisotopic (exact) mass is 560 g/mol. The van der Waals surface area contributed by atoms with Gasteiger partial charge in [-0.15, -0.1) is 10.2 Å². The quantitative estimate of drug-likeness (QED) is 0.387. The highest BCUT2D eigenvalue weighted by molar-refractivity contribution is 6.30. The first-order valence-corrected chi connectivity index (χ1v) is 12.2. The van der Waals surface area contributed by atoms with Crippen molar-refractivity contribution in [2.24, 2.45) is 0 Å². The summed E-state index contributed by atoms with van der Waals surface area (Å²) in [6.45, 7) is -0.359. The molecule has 7 nitrogen and oxygen atoms in total. The van der Waals surface area contributed by atoms with E-state index >= 15 is 0 Å². The Morgan fingerprint density at radius 1 is 1.00 bits per heavy atom. The Morgan fingerprint density at radius 3 is 2.39 bits per heavy atom. The van der Waals surface area contributed by atoms with Crippen LogP contribution in [0.2, 0.25) is 5.02 Å². The first kappa shape index (κ1) is 26.5. The molecule has 0 amide bonds. The summed E-state index contributed by atoms with van der Waals surface area (Å²) >= 11 is 6.17. The summed E-state index contributed by atoms with van der Waals surface area (Å²) in [5.41, 5.74) is 0.284. The Balaban J connectivity index is 1.43. The van der Waals surface area contributed by atoms with Crippen molar-refractivity contribution in [2.45, 2.75) is 44.2 Å². The fourth-order valence-corrected chi connectivity index (χ4v) is 5.24. The number of methoxy groups -OCH3 is 1. The molecule has 2 aromatic heterocycles. The van der Waals surface area contributed by atoms with Crippen LogP contribution in [-0.4, -0.2) is 57.6 Å². The number of hydrogen-bond acceptors (Lipinski definition) is 6. The van der Waals surface area contributed by atoms with Gasteiger partial charge in [0.15, 0.2) is 17.4 Å². The summed E-state index contributed by atoms with van der Waals surface area (Å²) in [4.78, 5) is 6.81. The minimum absolute atomic E-state index is 0.0393. The minimum atomic E-state index is -4.59. The highest BCUT2D eigenvalue weighted by Gasteiger charge is 2.37. The van der Waals surface area contributed by atoms with E-state index in [2.05, 4.69) is 15.2 Å². The zero-order chi connectivity index (χ0) is 27.2. The van der Waals surface area contributed by atoms with Gasteiger partial charge in [-0.05, 0) is 48.7 Å². The van der Waals surface area contributed by atoms with Crippen molar-refractivity contribution >= 4 is 17.4 Å². The molecule has 14 heteroatoms. The first-order valence-electron chi connectivity index (χ1n) is 11.8. The highest BCUT2D eigenvalue weighted by atomic mass is 35.5. The molecule has 204 valence electrons. The molecule has 0 atom stereocenters. The summed E-state index contributed by atoms with van der Waals surface area (Å²) in [6.07, 6.45) is -7.93. The fraction of sp³-hybridized carbons (Fsp3) is 0.458. The van der Waals surface area contributed by atoms with Gasteiger partial charge in [-0.2, -0.15) is 26.3 Å². The Kier molecular flexibility index (Phi) is 6.93. The molecular weight excluding hydrogens is 538 g/mol. The zero-order valence-electron chi connectivity index (χ0n) is 20.2. The third-order valence-corrected chi connectivity index (χ3v) is 6.94. The van der Waals surface area contributed by atoms with Gasteiger partial charge in [0.25, 0.3) is 0 Å². The van der Waals surface area contributed by atoms with Crippen molar-refractivity contribution in [1.82, 2.24) is 24.6 Å². The predicted molar refractivity (Wildman–Crippen MR) is 127 cm³/mol. The summed E-state index contributed by atoms with van der Waals surface area (Å²) < 4.78 is 86.5. The SMILES string of the molecule is COc1ccc(C(F)(F)F)nc1N1CCC(c2nnc3n2-c2ccc(Cl)cc2CN(CC(F)(F)F)C3)CC1. The number of halogens is 7. The summed E-state index contributed by atoms with van der Waals surface area (Å²) in [6, 6.07) is 7.20. The van der Waals surface area contributed by atoms with Gasteiger partial charge in [-0.1, -0.05) is 11.6 Å². The van der Waals surface area contributed by atoms with Crippen LogP contribution in [-0.2, 0) is 19.3 Å². The van der Waals surface area contributed by atoms with Crippen LogP contribution in [0.1, 0.15) is 41.7 Å². The Bertz CT molecular complexity index is 1320. The van der Waals surface area contributed by atoms with E-state index in [0.29, 0.717) is 53.9 Å². The smallest absolute Gasteiger partial charge is 0.433 e. The Morgan fingerprint density at radius 2 is 1.74 bits per heavy atom. The number of alkyl halides is 6. The number of pyridine rings is 1. The van der Waals surface area contributed by atoms with E-state index in [1.165, 1.54) is 18.1 Å². The van der Waals surface area contributed by atoms with Gasteiger partial charge in [0.1, 0.15) is 11.5 Å². The van der Waals surface area contributed by atoms with E-state index in [1.807, 2.05) is 0 Å². The van der Waals surface area contributed by atoms with Crippen molar-refractivity contribution in [3.05, 3.63) is 58.3 Å². The molecule has 0 radical (unpaired) electrons. The number of fused-ring (bicyclic) bond motifs is 3. The molecule has 2 aliphatic heterocycles. The fourth-order valence-electron chi connectivity index (χ4n) is 5.05. The van der Waals surface area contributed by atoms with Crippen molar-refractivity contribution in [2.75, 3.05) is 31.6 Å². The lowest BCUT2D eigenvalue weighted by molar-refractivity contribution is -0.148. The van der Waals surface area contributed by atoms with Crippen LogP contribution in [0.15, 0.2) is 30.3 Å². The molecule has 0 bridgehead atoms. The second-order valence-electron chi connectivity index (χ2n) is 9.32. The first-order chi connectivity index (χ1) is 17.9. The van der Waals surface area contributed by atoms with E-state index < -0.39 is 24.6 Å². The lowest BCUT2D eigenvalue weighted by Gasteiger charge is -2.33. The maximum atomic E-state index is 13.3. The van der Waals surface area contributed by atoms with E-state index in [0.717, 1.165) is 6.07 Å². The largest absolute Gasteiger partial charge is 0.493 e. The number of anilines is 1. The second-order valence-corrected chi connectivity index (χ2v) is 9.76. The molecule has 4 heterocycles. The molecule has 3 aromatic rings. The van der Waals surface area contributed by atoms with E-state index in [9.17, 15) is 26.3 Å². The van der Waals surface area contributed by atoms with Gasteiger partial charge in [0, 0.05) is 30.6 Å². The molecule has 2 aliphatic rings. The molecule has 0 unspecified atom stereocenters. The molecule has 0 spiro atoms. The van der Waals surface area contributed by atoms with Gasteiger partial charge >= 0.3 is 12.4 Å². The van der Waals surface area contributed by atoms with E-state index in [-0.39, 0.29) is 30.6 Å². The zero-order valence-corrected chi connectivity index (χ0v) is 20.9. The second kappa shape index (κ2) is 9.92. The lowest BCUT2D eigenvalue weighted by Crippen LogP contribution is -2.35. The third kappa shape index (κ3) is 5.39. The van der Waals surface area contributed by atoms with Gasteiger partial charge in [-0.3, -0.25) is 9.47 Å². The van der Waals surface area contributed by atoms with Crippen molar-refractivity contribution in [3.8, 4) is 11.4 Å². The molecule has 1 aromatic carbocycles. The number of aromatic nitrogens is 4. The maximum absolute atomic E-state index is 13.3. The molecule has 0 aliphatic carbocycles. The van der Waals surface area contributed by atoms with Gasteiger partial charge in [0.05, 0.1) is 25.9 Å². The third-order valence-electron chi connectivity index (χ3n) is 6.71. The minimum Gasteiger partial charge on any atom is -0.493 e. The number of piperidine rings is 1. The number of hydrogen-bond donors (Lipinski definition) is 0. The van der Waals surface area contributed by atoms with E-state index in [4.69, 9.17) is 16.3 Å². The van der Waals surface area contributed by atoms with Crippen molar-refractivity contribution in [1.29, 1.82) is 0 Å². The van der Waals surface area contributed by atoms with Crippen molar-refractivity contribution < 1.29 is 31.1 Å². The molecule has 38 heavy (non-hydrogen) atoms. The summed E-state index contributed by atoms with van der Waals surface area (Å²) in [5, 5.41) is 9.00. The molecular formula is C24H23ClF6N6O. The Labute approximate surface area is 219 Å². The molecule has 0 saturated carbocycles. The molecule has 1 fully saturated rings. The van der Waals surface area contributed by atoms with E-state index in [1.54, 1.807) is 27.7 Å². The average molecular weight is 561 g/mol. The van der Waals surface area contributed by atoms with Crippen LogP contribution >= 0.6 is 11.6 Å². The van der Waals surface area contributed by atoms with Gasteiger partial charge in [-0.25, -0.2) is 4.98 Å². The highest BCUT2D eigenvalue weighted by Crippen LogP contribution is 2.38. The number of benzene rings is 1. The van der Waals surface area contributed by atoms with Crippen LogP contribution < -0.4 is 9.64 Å². The molecule has 1 saturated heterocycles. The summed E-state index contributed by atoms with van der Waals surface area (Å²) in [5.74, 6) is 1.21. The lowest BCUT2D eigenvalue weighted by atomic mass is 9.95. The number of rotatable bonds is 4. The summed E-state index contributed by atoms with van der Waals surface area (Å²) in [7, 11) is 1.37. The number of ether oxygens (including phenoxy) is 1. The standard InChI is InChI=1S/C24H23ClF6N6O/c1-38-18-4-5-19(24(29,30)31)32-22(18)36-8-6-14(7-9-36)21-34-33-20-12-35(13-23(26,27)28)11-15-10-16(25)2-3-17(15)37(20)21/h2-5,10,14H,6-9,11-13H2,1H3. The molecule has 0 N–H and O–H groups in total. The van der Waals surface area contributed by atoms with Crippen LogP contribution in [0.5, 0.6) is 5.75 Å². The van der Waals surface area contributed by atoms with Crippen LogP contribution in [0.3, 0.4) is 0 Å². The van der Waals surface area contributed by atoms with Crippen LogP contribution in [0.25, 0.3) is 5.69 Å². The molecule has 5 rings (SSSR count).